The Kier molecular flexibility index (Phi) is 8.37. The zero-order valence-electron chi connectivity index (χ0n) is 16.6. The largest absolute Gasteiger partial charge is 0.462 e. The number of halogens is 1. The third kappa shape index (κ3) is 5.80. The number of carbonyl (C=O) groups is 4. The third-order valence-corrected chi connectivity index (χ3v) is 5.16. The van der Waals surface area contributed by atoms with E-state index in [1.165, 1.54) is 12.1 Å². The number of amides is 1. The highest BCUT2D eigenvalue weighted by Crippen LogP contribution is 2.34. The van der Waals surface area contributed by atoms with Gasteiger partial charge in [-0.15, -0.1) is 11.3 Å². The van der Waals surface area contributed by atoms with Gasteiger partial charge in [0.1, 0.15) is 9.88 Å². The molecule has 10 heteroatoms. The molecule has 1 heterocycles. The Hall–Kier alpha value is -2.91. The highest BCUT2D eigenvalue weighted by atomic mass is 35.5. The van der Waals surface area contributed by atoms with Crippen molar-refractivity contribution < 1.29 is 33.4 Å². The van der Waals surface area contributed by atoms with Gasteiger partial charge in [-0.25, -0.2) is 14.4 Å². The number of nitrogens with one attached hydrogen (secondary N) is 1. The van der Waals surface area contributed by atoms with Crippen LogP contribution in [0, 0.1) is 6.92 Å². The Labute approximate surface area is 182 Å². The Bertz CT molecular complexity index is 970. The Morgan fingerprint density at radius 1 is 1.00 bits per heavy atom. The molecule has 8 nitrogen and oxygen atoms in total. The number of anilines is 1. The van der Waals surface area contributed by atoms with Crippen molar-refractivity contribution in [3.63, 3.8) is 0 Å². The van der Waals surface area contributed by atoms with Crippen molar-refractivity contribution in [2.75, 3.05) is 25.1 Å². The number of thiophene rings is 1. The molecule has 0 spiro atoms. The lowest BCUT2D eigenvalue weighted by Crippen LogP contribution is -2.21. The van der Waals surface area contributed by atoms with Crippen LogP contribution in [0.2, 0.25) is 5.02 Å². The molecule has 0 atom stereocenters. The first-order valence-electron chi connectivity index (χ1n) is 8.98. The third-order valence-electron chi connectivity index (χ3n) is 3.73. The minimum Gasteiger partial charge on any atom is -0.462 e. The van der Waals surface area contributed by atoms with Gasteiger partial charge in [-0.3, -0.25) is 4.79 Å². The maximum absolute atomic E-state index is 12.3. The van der Waals surface area contributed by atoms with E-state index in [-0.39, 0.29) is 34.2 Å². The summed E-state index contributed by atoms with van der Waals surface area (Å²) in [5.41, 5.74) is 0.585. The van der Waals surface area contributed by atoms with Gasteiger partial charge in [0.05, 0.1) is 24.3 Å². The van der Waals surface area contributed by atoms with Crippen LogP contribution in [0.3, 0.4) is 0 Å². The molecule has 0 aliphatic carbocycles. The van der Waals surface area contributed by atoms with E-state index in [4.69, 9.17) is 25.8 Å². The van der Waals surface area contributed by atoms with Crippen LogP contribution in [0.5, 0.6) is 0 Å². The molecular formula is C20H20ClNO7S. The van der Waals surface area contributed by atoms with E-state index in [1.807, 2.05) is 0 Å². The van der Waals surface area contributed by atoms with E-state index < -0.39 is 30.4 Å². The monoisotopic (exact) mass is 453 g/mol. The fourth-order valence-electron chi connectivity index (χ4n) is 2.43. The van der Waals surface area contributed by atoms with Gasteiger partial charge in [-0.05, 0) is 44.5 Å². The van der Waals surface area contributed by atoms with Crippen LogP contribution in [-0.2, 0) is 19.0 Å². The van der Waals surface area contributed by atoms with Crippen molar-refractivity contribution in [1.82, 2.24) is 0 Å². The van der Waals surface area contributed by atoms with Crippen LogP contribution in [0.15, 0.2) is 24.3 Å². The smallest absolute Gasteiger partial charge is 0.348 e. The molecule has 1 amide bonds. The number of hydrogen-bond acceptors (Lipinski definition) is 8. The van der Waals surface area contributed by atoms with Crippen LogP contribution in [-0.4, -0.2) is 43.6 Å². The standard InChI is InChI=1S/C20H20ClNO7S/c1-4-27-19(25)15-11(3)16(20(26)28-5-2)30-17(15)22-14(23)10-29-18(24)12-7-6-8-13(21)9-12/h6-9H,4-5,10H2,1-3H3,(H,22,23). The number of esters is 3. The minimum absolute atomic E-state index is 0.0550. The van der Waals surface area contributed by atoms with Gasteiger partial charge >= 0.3 is 17.9 Å². The van der Waals surface area contributed by atoms with Crippen LogP contribution in [0.4, 0.5) is 5.00 Å². The van der Waals surface area contributed by atoms with Gasteiger partial charge in [-0.2, -0.15) is 0 Å². The van der Waals surface area contributed by atoms with Gasteiger partial charge < -0.3 is 19.5 Å². The number of benzene rings is 1. The second-order valence-corrected chi connectivity index (χ2v) is 7.29. The molecule has 0 saturated heterocycles. The van der Waals surface area contributed by atoms with Gasteiger partial charge in [0.15, 0.2) is 6.61 Å². The van der Waals surface area contributed by atoms with Gasteiger partial charge in [0.25, 0.3) is 5.91 Å². The molecule has 1 N–H and O–H groups in total. The zero-order valence-corrected chi connectivity index (χ0v) is 18.1. The van der Waals surface area contributed by atoms with E-state index >= 15 is 0 Å². The summed E-state index contributed by atoms with van der Waals surface area (Å²) < 4.78 is 15.0. The molecule has 0 saturated carbocycles. The fourth-order valence-corrected chi connectivity index (χ4v) is 3.73. The van der Waals surface area contributed by atoms with Crippen molar-refractivity contribution in [2.45, 2.75) is 20.8 Å². The van der Waals surface area contributed by atoms with E-state index in [0.29, 0.717) is 10.6 Å². The van der Waals surface area contributed by atoms with E-state index in [0.717, 1.165) is 11.3 Å². The average molecular weight is 454 g/mol. The van der Waals surface area contributed by atoms with Crippen molar-refractivity contribution in [2.24, 2.45) is 0 Å². The minimum atomic E-state index is -0.729. The van der Waals surface area contributed by atoms with E-state index in [1.54, 1.807) is 32.9 Å². The molecule has 0 fully saturated rings. The summed E-state index contributed by atoms with van der Waals surface area (Å²) in [5, 5.41) is 2.96. The number of ether oxygens (including phenoxy) is 3. The van der Waals surface area contributed by atoms with Crippen molar-refractivity contribution in [1.29, 1.82) is 0 Å². The van der Waals surface area contributed by atoms with Crippen molar-refractivity contribution in [3.05, 3.63) is 50.9 Å². The summed E-state index contributed by atoms with van der Waals surface area (Å²) >= 11 is 6.71. The molecule has 2 rings (SSSR count). The Morgan fingerprint density at radius 3 is 2.30 bits per heavy atom. The van der Waals surface area contributed by atoms with E-state index in [2.05, 4.69) is 5.32 Å². The Balaban J connectivity index is 2.16. The molecule has 0 radical (unpaired) electrons. The van der Waals surface area contributed by atoms with Crippen molar-refractivity contribution >= 4 is 51.8 Å². The first-order valence-corrected chi connectivity index (χ1v) is 10.2. The number of hydrogen-bond donors (Lipinski definition) is 1. The second kappa shape index (κ2) is 10.7. The molecule has 1 aromatic heterocycles. The average Bonchev–Trinajstić information content (AvgIpc) is 3.02. The predicted octanol–water partition coefficient (Wildman–Crippen LogP) is 3.86. The van der Waals surface area contributed by atoms with Crippen LogP contribution in [0.1, 0.15) is 49.8 Å². The highest BCUT2D eigenvalue weighted by molar-refractivity contribution is 7.18. The van der Waals surface area contributed by atoms with Gasteiger partial charge in [-0.1, -0.05) is 17.7 Å². The molecule has 160 valence electrons. The number of rotatable bonds is 8. The summed E-state index contributed by atoms with van der Waals surface area (Å²) in [6.45, 7) is 4.53. The fraction of sp³-hybridized carbons (Fsp3) is 0.300. The summed E-state index contributed by atoms with van der Waals surface area (Å²) in [6, 6.07) is 6.09. The molecule has 0 aliphatic rings. The molecule has 0 unspecified atom stereocenters. The lowest BCUT2D eigenvalue weighted by molar-refractivity contribution is -0.119. The number of carbonyl (C=O) groups excluding carboxylic acids is 4. The zero-order chi connectivity index (χ0) is 22.3. The maximum atomic E-state index is 12.3. The topological polar surface area (TPSA) is 108 Å². The maximum Gasteiger partial charge on any atom is 0.348 e. The first-order chi connectivity index (χ1) is 14.3. The highest BCUT2D eigenvalue weighted by Gasteiger charge is 2.27. The summed E-state index contributed by atoms with van der Waals surface area (Å²) in [7, 11) is 0. The summed E-state index contributed by atoms with van der Waals surface area (Å²) in [6.07, 6.45) is 0. The first kappa shape index (κ1) is 23.4. The summed E-state index contributed by atoms with van der Waals surface area (Å²) in [4.78, 5) is 49.0. The molecule has 2 aromatic rings. The molecule has 0 bridgehead atoms. The van der Waals surface area contributed by atoms with Crippen LogP contribution >= 0.6 is 22.9 Å². The second-order valence-electron chi connectivity index (χ2n) is 5.84. The molecule has 0 aliphatic heterocycles. The quantitative estimate of drug-likeness (QED) is 0.477. The SMILES string of the molecule is CCOC(=O)c1sc(NC(=O)COC(=O)c2cccc(Cl)c2)c(C(=O)OCC)c1C. The predicted molar refractivity (Wildman–Crippen MR) is 111 cm³/mol. The van der Waals surface area contributed by atoms with Crippen molar-refractivity contribution in [3.8, 4) is 0 Å². The van der Waals surface area contributed by atoms with Gasteiger partial charge in [0.2, 0.25) is 0 Å². The molecule has 30 heavy (non-hydrogen) atoms. The van der Waals surface area contributed by atoms with Gasteiger partial charge in [0, 0.05) is 5.02 Å². The van der Waals surface area contributed by atoms with Crippen LogP contribution < -0.4 is 5.32 Å². The summed E-state index contributed by atoms with van der Waals surface area (Å²) in [5.74, 6) is -2.72. The molecule has 1 aromatic carbocycles. The Morgan fingerprint density at radius 2 is 1.67 bits per heavy atom. The van der Waals surface area contributed by atoms with Crippen LogP contribution in [0.25, 0.3) is 0 Å². The van der Waals surface area contributed by atoms with E-state index in [9.17, 15) is 19.2 Å². The lowest BCUT2D eigenvalue weighted by atomic mass is 10.1. The normalized spacial score (nSPS) is 10.3. The lowest BCUT2D eigenvalue weighted by Gasteiger charge is -2.08. The molecular weight excluding hydrogens is 434 g/mol.